The number of nitrogens with zero attached hydrogens (tertiary/aromatic N) is 4. The van der Waals surface area contributed by atoms with E-state index in [2.05, 4.69) is 32.2 Å². The van der Waals surface area contributed by atoms with Crippen molar-refractivity contribution < 1.29 is 13.9 Å². The minimum absolute atomic E-state index is 0.00480. The largest absolute Gasteiger partial charge is 0.378 e. The molecular weight excluding hydrogens is 473 g/mol. The second-order valence-electron chi connectivity index (χ2n) is 8.62. The predicted octanol–water partition coefficient (Wildman–Crippen LogP) is 3.92. The first-order chi connectivity index (χ1) is 17.0. The monoisotopic (exact) mass is 499 g/mol. The molecule has 2 saturated heterocycles. The van der Waals surface area contributed by atoms with Gasteiger partial charge in [0.15, 0.2) is 0 Å². The number of carbonyl (C=O) groups excluding carboxylic acids is 1. The smallest absolute Gasteiger partial charge is 0.246 e. The van der Waals surface area contributed by atoms with Gasteiger partial charge >= 0.3 is 0 Å². The number of benzene rings is 1. The lowest BCUT2D eigenvalue weighted by atomic mass is 10.1. The maximum atomic E-state index is 14.9. The van der Waals surface area contributed by atoms with Crippen LogP contribution in [0.5, 0.6) is 0 Å². The Morgan fingerprint density at radius 1 is 1.29 bits per heavy atom. The first-order valence-corrected chi connectivity index (χ1v) is 12.0. The van der Waals surface area contributed by atoms with E-state index in [0.29, 0.717) is 78.6 Å². The van der Waals surface area contributed by atoms with Crippen LogP contribution in [0.15, 0.2) is 37.1 Å². The Kier molecular flexibility index (Phi) is 6.74. The van der Waals surface area contributed by atoms with Gasteiger partial charge in [0.25, 0.3) is 0 Å². The highest BCUT2D eigenvalue weighted by molar-refractivity contribution is 6.36. The van der Waals surface area contributed by atoms with Gasteiger partial charge in [0.05, 0.1) is 29.3 Å². The zero-order valence-corrected chi connectivity index (χ0v) is 19.9. The lowest BCUT2D eigenvalue weighted by molar-refractivity contribution is -0.127. The number of rotatable bonds is 6. The Balaban J connectivity index is 1.38. The van der Waals surface area contributed by atoms with E-state index in [1.54, 1.807) is 23.2 Å². The summed E-state index contributed by atoms with van der Waals surface area (Å²) in [5, 5.41) is 7.69. The summed E-state index contributed by atoms with van der Waals surface area (Å²) in [6.45, 7) is 7.30. The van der Waals surface area contributed by atoms with Gasteiger partial charge in [0, 0.05) is 44.1 Å². The van der Waals surface area contributed by atoms with Gasteiger partial charge in [-0.2, -0.15) is 9.97 Å². The van der Waals surface area contributed by atoms with Gasteiger partial charge in [0.1, 0.15) is 17.3 Å². The summed E-state index contributed by atoms with van der Waals surface area (Å²) in [6, 6.07) is 4.98. The Labute approximate surface area is 207 Å². The van der Waals surface area contributed by atoms with Crippen LogP contribution in [-0.2, 0) is 9.53 Å². The van der Waals surface area contributed by atoms with Crippen LogP contribution in [0.25, 0.3) is 11.0 Å². The van der Waals surface area contributed by atoms with Crippen molar-refractivity contribution in [1.29, 1.82) is 0 Å². The van der Waals surface area contributed by atoms with Crippen LogP contribution in [-0.4, -0.2) is 71.2 Å². The maximum Gasteiger partial charge on any atom is 0.246 e. The topological polar surface area (TPSA) is 98.4 Å². The molecule has 0 spiro atoms. The van der Waals surface area contributed by atoms with Crippen LogP contribution in [0.1, 0.15) is 12.8 Å². The number of aromatic nitrogens is 3. The van der Waals surface area contributed by atoms with Crippen LogP contribution in [0.2, 0.25) is 5.02 Å². The van der Waals surface area contributed by atoms with E-state index in [-0.39, 0.29) is 17.8 Å². The van der Waals surface area contributed by atoms with Gasteiger partial charge in [-0.25, -0.2) is 4.39 Å². The quantitative estimate of drug-likeness (QED) is 0.442. The van der Waals surface area contributed by atoms with E-state index in [1.165, 1.54) is 12.1 Å². The van der Waals surface area contributed by atoms with Gasteiger partial charge in [-0.05, 0) is 37.1 Å². The van der Waals surface area contributed by atoms with Crippen molar-refractivity contribution in [1.82, 2.24) is 19.9 Å². The number of halogens is 2. The van der Waals surface area contributed by atoms with Crippen molar-refractivity contribution in [3.8, 4) is 0 Å². The molecule has 0 radical (unpaired) electrons. The van der Waals surface area contributed by atoms with E-state index in [0.717, 1.165) is 12.8 Å². The van der Waals surface area contributed by atoms with Crippen LogP contribution in [0.4, 0.5) is 27.5 Å². The highest BCUT2D eigenvalue weighted by Gasteiger charge is 2.24. The van der Waals surface area contributed by atoms with Gasteiger partial charge in [-0.3, -0.25) is 4.79 Å². The second-order valence-corrected chi connectivity index (χ2v) is 9.03. The van der Waals surface area contributed by atoms with Gasteiger partial charge in [-0.1, -0.05) is 18.2 Å². The summed E-state index contributed by atoms with van der Waals surface area (Å²) >= 11 is 6.41. The third-order valence-corrected chi connectivity index (χ3v) is 6.59. The van der Waals surface area contributed by atoms with E-state index in [4.69, 9.17) is 16.3 Å². The summed E-state index contributed by atoms with van der Waals surface area (Å²) in [4.78, 5) is 28.0. The molecule has 3 aromatic rings. The summed E-state index contributed by atoms with van der Waals surface area (Å²) < 4.78 is 20.2. The first-order valence-electron chi connectivity index (χ1n) is 11.6. The highest BCUT2D eigenvalue weighted by atomic mass is 35.5. The summed E-state index contributed by atoms with van der Waals surface area (Å²) in [5.41, 5.74) is 1.63. The normalized spacial score (nSPS) is 18.5. The molecule has 1 atom stereocenters. The molecule has 2 aliphatic heterocycles. The molecule has 0 saturated carbocycles. The number of amides is 1. The fourth-order valence-corrected chi connectivity index (χ4v) is 4.78. The Bertz CT molecular complexity index is 1240. The fourth-order valence-electron chi connectivity index (χ4n) is 4.55. The standard InChI is InChI=1S/C24H27ClFN7O2/c1-2-20(34)33-7-3-4-16(14-33)28-23-21-17(25)13-27-22(21)30-24(31-23)29-15-5-6-19(18(26)12-15)32-8-10-35-11-9-32/h2,5-6,12-13,16H,1,3-4,7-11,14H2,(H3,27,28,29,30,31). The minimum atomic E-state index is -0.326. The summed E-state index contributed by atoms with van der Waals surface area (Å²) in [5.74, 6) is 0.432. The average Bonchev–Trinajstić information content (AvgIpc) is 3.25. The number of ether oxygens (including phenoxy) is 1. The second kappa shape index (κ2) is 10.1. The van der Waals surface area contributed by atoms with Crippen LogP contribution in [0.3, 0.4) is 0 Å². The van der Waals surface area contributed by atoms with Crippen LogP contribution >= 0.6 is 11.6 Å². The SMILES string of the molecule is C=CC(=O)N1CCCC(Nc2nc(Nc3ccc(N4CCOCC4)c(F)c3)nc3[nH]cc(Cl)c23)C1. The fraction of sp³-hybridized carbons (Fsp3) is 0.375. The number of hydrogen-bond acceptors (Lipinski definition) is 7. The molecule has 4 heterocycles. The number of piperidine rings is 1. The molecule has 35 heavy (non-hydrogen) atoms. The lowest BCUT2D eigenvalue weighted by Gasteiger charge is -2.33. The molecule has 0 aliphatic carbocycles. The summed E-state index contributed by atoms with van der Waals surface area (Å²) in [6.07, 6.45) is 4.73. The molecule has 0 bridgehead atoms. The maximum absolute atomic E-state index is 14.9. The average molecular weight is 500 g/mol. The van der Waals surface area contributed by atoms with Gasteiger partial charge < -0.3 is 30.2 Å². The van der Waals surface area contributed by atoms with E-state index in [1.807, 2.05) is 4.90 Å². The molecule has 2 fully saturated rings. The molecule has 11 heteroatoms. The zero-order valence-electron chi connectivity index (χ0n) is 19.2. The van der Waals surface area contributed by atoms with Crippen LogP contribution in [0, 0.1) is 5.82 Å². The number of likely N-dealkylation sites (tertiary alicyclic amines) is 1. The Hall–Kier alpha value is -3.37. The van der Waals surface area contributed by atoms with E-state index < -0.39 is 0 Å². The van der Waals surface area contributed by atoms with Crippen molar-refractivity contribution in [3.05, 3.63) is 47.9 Å². The van der Waals surface area contributed by atoms with Crippen LogP contribution < -0.4 is 15.5 Å². The molecule has 1 aromatic carbocycles. The number of morpholine rings is 1. The highest BCUT2D eigenvalue weighted by Crippen LogP contribution is 2.32. The molecule has 5 rings (SSSR count). The molecule has 9 nitrogen and oxygen atoms in total. The van der Waals surface area contributed by atoms with Crippen molar-refractivity contribution in [2.75, 3.05) is 54.9 Å². The minimum Gasteiger partial charge on any atom is -0.378 e. The Morgan fingerprint density at radius 2 is 2.11 bits per heavy atom. The van der Waals surface area contributed by atoms with Gasteiger partial charge in [-0.15, -0.1) is 0 Å². The molecule has 2 aromatic heterocycles. The van der Waals surface area contributed by atoms with E-state index in [9.17, 15) is 9.18 Å². The number of H-pyrrole nitrogens is 1. The number of aromatic amines is 1. The number of carbonyl (C=O) groups is 1. The zero-order chi connectivity index (χ0) is 24.4. The predicted molar refractivity (Wildman–Crippen MR) is 135 cm³/mol. The number of hydrogen-bond donors (Lipinski definition) is 3. The first kappa shape index (κ1) is 23.4. The van der Waals surface area contributed by atoms with Crippen molar-refractivity contribution in [2.45, 2.75) is 18.9 Å². The van der Waals surface area contributed by atoms with Gasteiger partial charge in [0.2, 0.25) is 11.9 Å². The van der Waals surface area contributed by atoms with Crippen molar-refractivity contribution in [3.63, 3.8) is 0 Å². The third kappa shape index (κ3) is 5.03. The molecule has 184 valence electrons. The Morgan fingerprint density at radius 3 is 2.89 bits per heavy atom. The van der Waals surface area contributed by atoms with Crippen molar-refractivity contribution in [2.24, 2.45) is 0 Å². The number of anilines is 4. The van der Waals surface area contributed by atoms with E-state index >= 15 is 0 Å². The number of nitrogens with one attached hydrogen (secondary N) is 3. The molecule has 2 aliphatic rings. The molecular formula is C24H27ClFN7O2. The van der Waals surface area contributed by atoms with Crippen molar-refractivity contribution >= 4 is 51.7 Å². The summed E-state index contributed by atoms with van der Waals surface area (Å²) in [7, 11) is 0. The molecule has 3 N–H and O–H groups in total. The third-order valence-electron chi connectivity index (χ3n) is 6.29. The molecule has 1 unspecified atom stereocenters. The number of fused-ring (bicyclic) bond motifs is 1. The molecule has 1 amide bonds. The lowest BCUT2D eigenvalue weighted by Crippen LogP contribution is -2.44.